The van der Waals surface area contributed by atoms with Gasteiger partial charge in [0.15, 0.2) is 6.29 Å². The van der Waals surface area contributed by atoms with Crippen molar-refractivity contribution in [3.05, 3.63) is 0 Å². The molecular formula is C18H29FO3. The van der Waals surface area contributed by atoms with Crippen LogP contribution in [-0.2, 0) is 14.2 Å². The molecule has 0 aromatic carbocycles. The number of rotatable bonds is 5. The summed E-state index contributed by atoms with van der Waals surface area (Å²) in [5.74, 6) is 2.48. The highest BCUT2D eigenvalue weighted by molar-refractivity contribution is 5.03. The lowest BCUT2D eigenvalue weighted by Crippen LogP contribution is -2.54. The fourth-order valence-corrected chi connectivity index (χ4v) is 5.44. The lowest BCUT2D eigenvalue weighted by atomic mass is 9.73. The Labute approximate surface area is 132 Å². The van der Waals surface area contributed by atoms with Crippen LogP contribution in [0.25, 0.3) is 0 Å². The Morgan fingerprint density at radius 2 is 2.05 bits per heavy atom. The van der Waals surface area contributed by atoms with Gasteiger partial charge in [0.2, 0.25) is 0 Å². The zero-order valence-electron chi connectivity index (χ0n) is 13.6. The Balaban J connectivity index is 1.30. The van der Waals surface area contributed by atoms with E-state index < -0.39 is 0 Å². The third kappa shape index (κ3) is 2.61. The molecular weight excluding hydrogens is 283 g/mol. The number of halogens is 1. The predicted octanol–water partition coefficient (Wildman–Crippen LogP) is 3.71. The van der Waals surface area contributed by atoms with Gasteiger partial charge in [0.1, 0.15) is 6.67 Å². The molecule has 2 saturated carbocycles. The minimum absolute atomic E-state index is 0.0378. The van der Waals surface area contributed by atoms with E-state index in [2.05, 4.69) is 6.92 Å². The zero-order valence-corrected chi connectivity index (χ0v) is 13.6. The summed E-state index contributed by atoms with van der Waals surface area (Å²) in [5, 5.41) is 0. The first kappa shape index (κ1) is 15.3. The van der Waals surface area contributed by atoms with E-state index in [9.17, 15) is 4.39 Å². The second kappa shape index (κ2) is 6.37. The maximum atomic E-state index is 12.9. The molecule has 4 rings (SSSR count). The second-order valence-corrected chi connectivity index (χ2v) is 7.73. The van der Waals surface area contributed by atoms with E-state index in [1.807, 2.05) is 0 Å². The number of hydrogen-bond acceptors (Lipinski definition) is 3. The Morgan fingerprint density at radius 1 is 1.14 bits per heavy atom. The van der Waals surface area contributed by atoms with Crippen LogP contribution in [0, 0.1) is 23.7 Å². The van der Waals surface area contributed by atoms with Crippen LogP contribution in [0.4, 0.5) is 4.39 Å². The van der Waals surface area contributed by atoms with Gasteiger partial charge >= 0.3 is 0 Å². The third-order valence-electron chi connectivity index (χ3n) is 6.59. The fraction of sp³-hybridized carbons (Fsp3) is 1.00. The zero-order chi connectivity index (χ0) is 15.1. The topological polar surface area (TPSA) is 27.7 Å². The minimum Gasteiger partial charge on any atom is -0.371 e. The fourth-order valence-electron chi connectivity index (χ4n) is 5.44. The molecule has 8 atom stereocenters. The molecule has 4 aliphatic rings. The molecule has 0 N–H and O–H groups in total. The highest BCUT2D eigenvalue weighted by Crippen LogP contribution is 2.55. The molecule has 2 bridgehead atoms. The molecule has 4 heteroatoms. The minimum atomic E-state index is -0.319. The van der Waals surface area contributed by atoms with Crippen molar-refractivity contribution in [1.82, 2.24) is 0 Å². The van der Waals surface area contributed by atoms with Crippen LogP contribution in [0.3, 0.4) is 0 Å². The number of hydrogen-bond donors (Lipinski definition) is 0. The maximum Gasteiger partial charge on any atom is 0.157 e. The highest BCUT2D eigenvalue weighted by atomic mass is 19.1. The lowest BCUT2D eigenvalue weighted by molar-refractivity contribution is -0.229. The van der Waals surface area contributed by atoms with E-state index >= 15 is 0 Å². The number of alkyl halides is 1. The molecule has 0 radical (unpaired) electrons. The molecule has 22 heavy (non-hydrogen) atoms. The lowest BCUT2D eigenvalue weighted by Gasteiger charge is -2.49. The van der Waals surface area contributed by atoms with Crippen LogP contribution in [0.1, 0.15) is 51.9 Å². The van der Waals surface area contributed by atoms with Crippen LogP contribution < -0.4 is 0 Å². The number of fused-ring (bicyclic) bond motifs is 2. The van der Waals surface area contributed by atoms with E-state index in [1.165, 1.54) is 25.7 Å². The van der Waals surface area contributed by atoms with Crippen LogP contribution in [-0.4, -0.2) is 37.9 Å². The molecule has 8 unspecified atom stereocenters. The molecule has 2 saturated heterocycles. The molecule has 2 aliphatic carbocycles. The van der Waals surface area contributed by atoms with Gasteiger partial charge in [-0.1, -0.05) is 6.92 Å². The summed E-state index contributed by atoms with van der Waals surface area (Å²) >= 11 is 0. The summed E-state index contributed by atoms with van der Waals surface area (Å²) in [4.78, 5) is 0. The molecule has 0 amide bonds. The Bertz CT molecular complexity index is 385. The van der Waals surface area contributed by atoms with Gasteiger partial charge in [0.05, 0.1) is 18.3 Å². The largest absolute Gasteiger partial charge is 0.371 e. The summed E-state index contributed by atoms with van der Waals surface area (Å²) in [7, 11) is 0. The van der Waals surface area contributed by atoms with Gasteiger partial charge in [-0.2, -0.15) is 0 Å². The average Bonchev–Trinajstić information content (AvgIpc) is 3.08. The van der Waals surface area contributed by atoms with E-state index in [0.717, 1.165) is 31.8 Å². The van der Waals surface area contributed by atoms with Gasteiger partial charge < -0.3 is 14.2 Å². The van der Waals surface area contributed by atoms with Crippen LogP contribution >= 0.6 is 0 Å². The first-order chi connectivity index (χ1) is 10.8. The molecule has 2 aliphatic heterocycles. The van der Waals surface area contributed by atoms with Gasteiger partial charge in [0.25, 0.3) is 0 Å². The Kier molecular flexibility index (Phi) is 4.44. The van der Waals surface area contributed by atoms with Gasteiger partial charge in [0, 0.05) is 12.5 Å². The normalized spacial score (nSPS) is 51.0. The summed E-state index contributed by atoms with van der Waals surface area (Å²) in [5.41, 5.74) is 0. The summed E-state index contributed by atoms with van der Waals surface area (Å²) in [6, 6.07) is 0. The molecule has 0 aromatic rings. The molecule has 3 nitrogen and oxygen atoms in total. The molecule has 4 fully saturated rings. The van der Waals surface area contributed by atoms with Gasteiger partial charge in [-0.15, -0.1) is 0 Å². The molecule has 126 valence electrons. The predicted molar refractivity (Wildman–Crippen MR) is 81.2 cm³/mol. The van der Waals surface area contributed by atoms with E-state index in [0.29, 0.717) is 30.0 Å². The molecule has 0 aromatic heterocycles. The summed E-state index contributed by atoms with van der Waals surface area (Å²) < 4.78 is 30.7. The maximum absolute atomic E-state index is 12.9. The first-order valence-corrected chi connectivity index (χ1v) is 9.28. The van der Waals surface area contributed by atoms with Crippen molar-refractivity contribution in [2.75, 3.05) is 13.3 Å². The van der Waals surface area contributed by atoms with Crippen molar-refractivity contribution in [3.63, 3.8) is 0 Å². The standard InChI is InChI=1S/C18H29FO3/c1-2-13-16(10-19)22-18(13)14-8-12-7-11(14)9-15(12)21-17-5-3-4-6-20-17/h11-18H,2-10H2,1H3. The van der Waals surface area contributed by atoms with Gasteiger partial charge in [-0.25, -0.2) is 4.39 Å². The highest BCUT2D eigenvalue weighted by Gasteiger charge is 2.55. The first-order valence-electron chi connectivity index (χ1n) is 9.28. The number of ether oxygens (including phenoxy) is 3. The van der Waals surface area contributed by atoms with Gasteiger partial charge in [-0.05, 0) is 62.7 Å². The van der Waals surface area contributed by atoms with Crippen molar-refractivity contribution in [1.29, 1.82) is 0 Å². The molecule has 2 heterocycles. The van der Waals surface area contributed by atoms with E-state index in [1.54, 1.807) is 0 Å². The monoisotopic (exact) mass is 312 g/mol. The van der Waals surface area contributed by atoms with Crippen molar-refractivity contribution >= 4 is 0 Å². The summed E-state index contributed by atoms with van der Waals surface area (Å²) in [6.45, 7) is 2.70. The van der Waals surface area contributed by atoms with Crippen molar-refractivity contribution in [2.24, 2.45) is 23.7 Å². The Morgan fingerprint density at radius 3 is 2.68 bits per heavy atom. The van der Waals surface area contributed by atoms with Crippen molar-refractivity contribution in [2.45, 2.75) is 76.5 Å². The third-order valence-corrected chi connectivity index (χ3v) is 6.59. The van der Waals surface area contributed by atoms with Crippen LogP contribution in [0.15, 0.2) is 0 Å². The second-order valence-electron chi connectivity index (χ2n) is 7.73. The Hall–Kier alpha value is -0.190. The van der Waals surface area contributed by atoms with Crippen molar-refractivity contribution in [3.8, 4) is 0 Å². The van der Waals surface area contributed by atoms with E-state index in [-0.39, 0.29) is 19.1 Å². The van der Waals surface area contributed by atoms with Crippen molar-refractivity contribution < 1.29 is 18.6 Å². The van der Waals surface area contributed by atoms with Crippen LogP contribution in [0.2, 0.25) is 0 Å². The molecule has 0 spiro atoms. The quantitative estimate of drug-likeness (QED) is 0.774. The summed E-state index contributed by atoms with van der Waals surface area (Å²) in [6.07, 6.45) is 8.76. The van der Waals surface area contributed by atoms with Gasteiger partial charge in [-0.3, -0.25) is 0 Å². The van der Waals surface area contributed by atoms with Crippen LogP contribution in [0.5, 0.6) is 0 Å². The SMILES string of the molecule is CCC1C(CF)OC1C1CC2CC1CC2OC1CCCCO1. The smallest absolute Gasteiger partial charge is 0.157 e. The average molecular weight is 312 g/mol. The van der Waals surface area contributed by atoms with E-state index in [4.69, 9.17) is 14.2 Å².